The van der Waals surface area contributed by atoms with E-state index in [2.05, 4.69) is 5.32 Å². The molecule has 0 unspecified atom stereocenters. The second kappa shape index (κ2) is 8.89. The fourth-order valence-corrected chi connectivity index (χ4v) is 3.06. The van der Waals surface area contributed by atoms with Gasteiger partial charge in [-0.05, 0) is 43.0 Å². The Bertz CT molecular complexity index is 548. The molecule has 0 aliphatic heterocycles. The van der Waals surface area contributed by atoms with Gasteiger partial charge in [0, 0.05) is 32.1 Å². The van der Waals surface area contributed by atoms with Crippen LogP contribution in [0.2, 0.25) is 0 Å². The number of hydrogen-bond donors (Lipinski definition) is 2. The Morgan fingerprint density at radius 3 is 2.70 bits per heavy atom. The monoisotopic (exact) mass is 339 g/mol. The van der Waals surface area contributed by atoms with Gasteiger partial charge in [-0.1, -0.05) is 18.6 Å². The maximum atomic E-state index is 12.3. The molecule has 0 heterocycles. The van der Waals surface area contributed by atoms with E-state index < -0.39 is 0 Å². The highest BCUT2D eigenvalue weighted by Crippen LogP contribution is 2.30. The van der Waals surface area contributed by atoms with Crippen LogP contribution in [0.3, 0.4) is 0 Å². The van der Waals surface area contributed by atoms with Gasteiger partial charge in [0.15, 0.2) is 0 Å². The van der Waals surface area contributed by atoms with E-state index in [1.807, 2.05) is 18.2 Å². The van der Waals surface area contributed by atoms with Crippen molar-refractivity contribution in [2.45, 2.75) is 25.8 Å². The van der Waals surface area contributed by atoms with Gasteiger partial charge in [-0.15, -0.1) is 12.4 Å². The molecule has 1 aromatic carbocycles. The number of amides is 2. The molecule has 2 rings (SSSR count). The van der Waals surface area contributed by atoms with Gasteiger partial charge in [0.05, 0.1) is 0 Å². The minimum Gasteiger partial charge on any atom is -0.352 e. The van der Waals surface area contributed by atoms with Crippen LogP contribution in [0.4, 0.5) is 0 Å². The van der Waals surface area contributed by atoms with Gasteiger partial charge in [-0.25, -0.2) is 0 Å². The van der Waals surface area contributed by atoms with Gasteiger partial charge < -0.3 is 16.0 Å². The van der Waals surface area contributed by atoms with Crippen LogP contribution in [0, 0.1) is 11.8 Å². The van der Waals surface area contributed by atoms with Crippen LogP contribution in [0.25, 0.3) is 0 Å². The second-order valence-corrected chi connectivity index (χ2v) is 6.15. The number of benzene rings is 1. The molecule has 3 N–H and O–H groups in total. The van der Waals surface area contributed by atoms with E-state index in [0.29, 0.717) is 24.6 Å². The predicted molar refractivity (Wildman–Crippen MR) is 93.4 cm³/mol. The third-order valence-corrected chi connectivity index (χ3v) is 4.35. The zero-order valence-electron chi connectivity index (χ0n) is 13.7. The third kappa shape index (κ3) is 4.94. The molecular weight excluding hydrogens is 314 g/mol. The van der Waals surface area contributed by atoms with E-state index in [-0.39, 0.29) is 30.1 Å². The first-order valence-electron chi connectivity index (χ1n) is 7.81. The molecule has 0 aromatic heterocycles. The molecule has 128 valence electrons. The number of carbonyl (C=O) groups is 2. The van der Waals surface area contributed by atoms with Crippen molar-refractivity contribution in [3.05, 3.63) is 35.4 Å². The summed E-state index contributed by atoms with van der Waals surface area (Å²) in [6.07, 6.45) is 3.04. The summed E-state index contributed by atoms with van der Waals surface area (Å²) < 4.78 is 0. The fraction of sp³-hybridized carbons (Fsp3) is 0.529. The largest absolute Gasteiger partial charge is 0.352 e. The summed E-state index contributed by atoms with van der Waals surface area (Å²) >= 11 is 0. The number of carbonyl (C=O) groups excluding carboxylic acids is 2. The van der Waals surface area contributed by atoms with Crippen molar-refractivity contribution in [1.82, 2.24) is 10.2 Å². The smallest absolute Gasteiger partial charge is 0.253 e. The molecule has 6 heteroatoms. The first kappa shape index (κ1) is 19.5. The Hall–Kier alpha value is -1.59. The van der Waals surface area contributed by atoms with Crippen molar-refractivity contribution in [2.24, 2.45) is 17.6 Å². The summed E-state index contributed by atoms with van der Waals surface area (Å²) in [6.45, 7) is 1.02. The molecule has 0 spiro atoms. The van der Waals surface area contributed by atoms with Gasteiger partial charge >= 0.3 is 0 Å². The topological polar surface area (TPSA) is 75.4 Å². The molecule has 1 aromatic rings. The van der Waals surface area contributed by atoms with Crippen LogP contribution in [0.5, 0.6) is 0 Å². The summed E-state index contributed by atoms with van der Waals surface area (Å²) in [5.41, 5.74) is 7.30. The Kier molecular flexibility index (Phi) is 7.52. The Labute approximate surface area is 144 Å². The van der Waals surface area contributed by atoms with Crippen molar-refractivity contribution in [3.63, 3.8) is 0 Å². The molecule has 2 amide bonds. The van der Waals surface area contributed by atoms with E-state index in [9.17, 15) is 9.59 Å². The van der Waals surface area contributed by atoms with Crippen molar-refractivity contribution in [1.29, 1.82) is 0 Å². The van der Waals surface area contributed by atoms with Gasteiger partial charge in [0.1, 0.15) is 0 Å². The molecule has 1 fully saturated rings. The molecule has 0 radical (unpaired) electrons. The SMILES string of the molecule is CN(C)C(=O)c1cccc(CNC(=O)[C@@H]2CCC[C@@H]2CN)c1.Cl. The normalized spacial score (nSPS) is 19.8. The molecule has 1 aliphatic rings. The number of rotatable bonds is 5. The highest BCUT2D eigenvalue weighted by Gasteiger charge is 2.31. The van der Waals surface area contributed by atoms with E-state index in [1.54, 1.807) is 25.1 Å². The first-order valence-corrected chi connectivity index (χ1v) is 7.81. The van der Waals surface area contributed by atoms with Gasteiger partial charge in [0.2, 0.25) is 5.91 Å². The lowest BCUT2D eigenvalue weighted by molar-refractivity contribution is -0.126. The Morgan fingerprint density at radius 1 is 1.30 bits per heavy atom. The average molecular weight is 340 g/mol. The number of nitrogens with one attached hydrogen (secondary N) is 1. The number of nitrogens with zero attached hydrogens (tertiary/aromatic N) is 1. The van der Waals surface area contributed by atoms with Crippen molar-refractivity contribution in [2.75, 3.05) is 20.6 Å². The van der Waals surface area contributed by atoms with E-state index in [1.165, 1.54) is 0 Å². The quantitative estimate of drug-likeness (QED) is 0.859. The summed E-state index contributed by atoms with van der Waals surface area (Å²) in [7, 11) is 3.45. The second-order valence-electron chi connectivity index (χ2n) is 6.15. The lowest BCUT2D eigenvalue weighted by atomic mass is 9.95. The van der Waals surface area contributed by atoms with Crippen LogP contribution < -0.4 is 11.1 Å². The highest BCUT2D eigenvalue weighted by atomic mass is 35.5. The van der Waals surface area contributed by atoms with Gasteiger partial charge in [-0.2, -0.15) is 0 Å². The Balaban J connectivity index is 0.00000264. The lowest BCUT2D eigenvalue weighted by Gasteiger charge is -2.17. The maximum Gasteiger partial charge on any atom is 0.253 e. The van der Waals surface area contributed by atoms with Crippen molar-refractivity contribution in [3.8, 4) is 0 Å². The summed E-state index contributed by atoms with van der Waals surface area (Å²) in [4.78, 5) is 25.8. The number of halogens is 1. The van der Waals surface area contributed by atoms with Crippen LogP contribution in [0.15, 0.2) is 24.3 Å². The minimum atomic E-state index is -0.0350. The maximum absolute atomic E-state index is 12.3. The van der Waals surface area contributed by atoms with E-state index in [4.69, 9.17) is 5.73 Å². The molecule has 23 heavy (non-hydrogen) atoms. The molecule has 5 nitrogen and oxygen atoms in total. The summed E-state index contributed by atoms with van der Waals surface area (Å²) in [5, 5.41) is 2.98. The molecule has 2 atom stereocenters. The van der Waals surface area contributed by atoms with Crippen molar-refractivity contribution < 1.29 is 9.59 Å². The Morgan fingerprint density at radius 2 is 2.04 bits per heavy atom. The molecular formula is C17H26ClN3O2. The highest BCUT2D eigenvalue weighted by molar-refractivity contribution is 5.94. The number of nitrogens with two attached hydrogens (primary N) is 1. The van der Waals surface area contributed by atoms with Crippen molar-refractivity contribution >= 4 is 24.2 Å². The van der Waals surface area contributed by atoms with Crippen LogP contribution in [0.1, 0.15) is 35.2 Å². The minimum absolute atomic E-state index is 0. The van der Waals surface area contributed by atoms with Crippen LogP contribution in [-0.4, -0.2) is 37.4 Å². The predicted octanol–water partition coefficient (Wildman–Crippen LogP) is 1.80. The standard InChI is InChI=1S/C17H25N3O2.ClH/c1-20(2)17(22)13-6-3-5-12(9-13)11-19-16(21)15-8-4-7-14(15)10-18;/h3,5-6,9,14-15H,4,7-8,10-11,18H2,1-2H3,(H,19,21);1H/t14-,15-;/m1./s1. The average Bonchev–Trinajstić information content (AvgIpc) is 3.00. The van der Waals surface area contributed by atoms with Crippen LogP contribution >= 0.6 is 12.4 Å². The molecule has 1 saturated carbocycles. The van der Waals surface area contributed by atoms with Gasteiger partial charge in [-0.3, -0.25) is 9.59 Å². The molecule has 1 aliphatic carbocycles. The van der Waals surface area contributed by atoms with Gasteiger partial charge in [0.25, 0.3) is 5.91 Å². The zero-order valence-corrected chi connectivity index (χ0v) is 14.6. The summed E-state index contributed by atoms with van der Waals surface area (Å²) in [5.74, 6) is 0.391. The lowest BCUT2D eigenvalue weighted by Crippen LogP contribution is -2.34. The summed E-state index contributed by atoms with van der Waals surface area (Å²) in [6, 6.07) is 7.38. The zero-order chi connectivity index (χ0) is 16.1. The first-order chi connectivity index (χ1) is 10.5. The fourth-order valence-electron chi connectivity index (χ4n) is 3.06. The van der Waals surface area contributed by atoms with Crippen LogP contribution in [-0.2, 0) is 11.3 Å². The molecule has 0 saturated heterocycles. The molecule has 0 bridgehead atoms. The third-order valence-electron chi connectivity index (χ3n) is 4.35. The van der Waals surface area contributed by atoms with E-state index >= 15 is 0 Å². The number of hydrogen-bond acceptors (Lipinski definition) is 3. The van der Waals surface area contributed by atoms with E-state index in [0.717, 1.165) is 24.8 Å².